The van der Waals surface area contributed by atoms with Crippen LogP contribution in [0.25, 0.3) is 0 Å². The first-order valence-corrected chi connectivity index (χ1v) is 5.12. The first-order chi connectivity index (χ1) is 6.81. The second-order valence-corrected chi connectivity index (χ2v) is 2.72. The summed E-state index contributed by atoms with van der Waals surface area (Å²) in [4.78, 5) is 10.9. The quantitative estimate of drug-likeness (QED) is 0.420. The molecule has 0 aliphatic rings. The molecule has 0 fully saturated rings. The smallest absolute Gasteiger partial charge is 0.305 e. The van der Waals surface area contributed by atoms with Crippen molar-refractivity contribution >= 4 is 5.97 Å². The van der Waals surface area contributed by atoms with Gasteiger partial charge in [0.2, 0.25) is 0 Å². The Morgan fingerprint density at radius 3 is 2.36 bits per heavy atom. The Bertz CT molecular complexity index is 136. The minimum absolute atomic E-state index is 0.152. The number of hydrogen-bond donors (Lipinski definition) is 0. The van der Waals surface area contributed by atoms with Crippen molar-refractivity contribution in [1.29, 1.82) is 0 Å². The van der Waals surface area contributed by atoms with Crippen molar-refractivity contribution in [3.8, 4) is 0 Å². The molecule has 0 N–H and O–H groups in total. The molecular weight excluding hydrogens is 184 g/mol. The maximum absolute atomic E-state index is 10.9. The average Bonchev–Trinajstić information content (AvgIpc) is 2.17. The van der Waals surface area contributed by atoms with Crippen molar-refractivity contribution in [1.82, 2.24) is 0 Å². The fraction of sp³-hybridized carbons (Fsp3) is 0.900. The van der Waals surface area contributed by atoms with Crippen LogP contribution in [0.3, 0.4) is 0 Å². The van der Waals surface area contributed by atoms with Crippen LogP contribution in [0.1, 0.15) is 26.7 Å². The lowest BCUT2D eigenvalue weighted by Gasteiger charge is -2.04. The Morgan fingerprint density at radius 2 is 1.71 bits per heavy atom. The summed E-state index contributed by atoms with van der Waals surface area (Å²) in [5, 5.41) is 0. The van der Waals surface area contributed by atoms with Gasteiger partial charge in [-0.05, 0) is 20.3 Å². The molecule has 0 saturated carbocycles. The molecule has 0 unspecified atom stereocenters. The largest absolute Gasteiger partial charge is 0.466 e. The van der Waals surface area contributed by atoms with Gasteiger partial charge in [0, 0.05) is 19.6 Å². The van der Waals surface area contributed by atoms with Gasteiger partial charge in [-0.15, -0.1) is 0 Å². The second kappa shape index (κ2) is 10.5. The monoisotopic (exact) mass is 204 g/mol. The molecule has 0 radical (unpaired) electrons. The molecule has 0 heterocycles. The van der Waals surface area contributed by atoms with Gasteiger partial charge in [0.05, 0.1) is 19.8 Å². The number of ether oxygens (including phenoxy) is 3. The number of hydrogen-bond acceptors (Lipinski definition) is 4. The minimum atomic E-state index is -0.152. The van der Waals surface area contributed by atoms with Crippen molar-refractivity contribution < 1.29 is 19.0 Å². The molecule has 0 amide bonds. The molecule has 0 bridgehead atoms. The van der Waals surface area contributed by atoms with E-state index in [0.29, 0.717) is 45.9 Å². The summed E-state index contributed by atoms with van der Waals surface area (Å²) < 4.78 is 15.1. The highest BCUT2D eigenvalue weighted by atomic mass is 16.5. The van der Waals surface area contributed by atoms with Gasteiger partial charge in [0.15, 0.2) is 0 Å². The molecule has 84 valence electrons. The van der Waals surface area contributed by atoms with E-state index < -0.39 is 0 Å². The van der Waals surface area contributed by atoms with E-state index in [2.05, 4.69) is 0 Å². The van der Waals surface area contributed by atoms with Crippen molar-refractivity contribution in [2.75, 3.05) is 33.0 Å². The average molecular weight is 204 g/mol. The molecule has 4 nitrogen and oxygen atoms in total. The Kier molecular flexibility index (Phi) is 10.0. The molecule has 0 aliphatic heterocycles. The summed E-state index contributed by atoms with van der Waals surface area (Å²) in [5.41, 5.74) is 0. The van der Waals surface area contributed by atoms with E-state index in [4.69, 9.17) is 14.2 Å². The first kappa shape index (κ1) is 13.4. The Labute approximate surface area is 85.5 Å². The van der Waals surface area contributed by atoms with Crippen LogP contribution in [-0.2, 0) is 19.0 Å². The molecule has 0 aromatic rings. The van der Waals surface area contributed by atoms with E-state index >= 15 is 0 Å². The highest BCUT2D eigenvalue weighted by Crippen LogP contribution is 1.93. The Hall–Kier alpha value is -0.610. The van der Waals surface area contributed by atoms with Crippen LogP contribution in [0.2, 0.25) is 0 Å². The van der Waals surface area contributed by atoms with Crippen LogP contribution in [0.15, 0.2) is 0 Å². The van der Waals surface area contributed by atoms with E-state index in [1.54, 1.807) is 6.92 Å². The standard InChI is InChI=1S/C10H20O4/c1-3-12-8-9-13-7-5-6-10(11)14-4-2/h3-9H2,1-2H3. The third-order valence-corrected chi connectivity index (χ3v) is 1.55. The summed E-state index contributed by atoms with van der Waals surface area (Å²) in [5.74, 6) is -0.152. The molecule has 4 heteroatoms. The highest BCUT2D eigenvalue weighted by molar-refractivity contribution is 5.69. The lowest BCUT2D eigenvalue weighted by molar-refractivity contribution is -0.143. The summed E-state index contributed by atoms with van der Waals surface area (Å²) in [6.07, 6.45) is 1.15. The maximum Gasteiger partial charge on any atom is 0.305 e. The Morgan fingerprint density at radius 1 is 1.00 bits per heavy atom. The van der Waals surface area contributed by atoms with Crippen LogP contribution in [-0.4, -0.2) is 39.0 Å². The van der Waals surface area contributed by atoms with Gasteiger partial charge in [0.1, 0.15) is 0 Å². The van der Waals surface area contributed by atoms with Gasteiger partial charge in [-0.3, -0.25) is 4.79 Å². The van der Waals surface area contributed by atoms with Gasteiger partial charge in [-0.1, -0.05) is 0 Å². The van der Waals surface area contributed by atoms with Crippen molar-refractivity contribution in [3.05, 3.63) is 0 Å². The van der Waals surface area contributed by atoms with Crippen molar-refractivity contribution in [2.45, 2.75) is 26.7 Å². The van der Waals surface area contributed by atoms with Gasteiger partial charge in [-0.2, -0.15) is 0 Å². The van der Waals surface area contributed by atoms with E-state index in [9.17, 15) is 4.79 Å². The zero-order valence-electron chi connectivity index (χ0n) is 9.08. The van der Waals surface area contributed by atoms with Gasteiger partial charge in [-0.25, -0.2) is 0 Å². The van der Waals surface area contributed by atoms with Crippen LogP contribution >= 0.6 is 0 Å². The molecule has 14 heavy (non-hydrogen) atoms. The Balaban J connectivity index is 3.01. The molecule has 0 saturated heterocycles. The molecular formula is C10H20O4. The molecule has 0 spiro atoms. The molecule has 0 aliphatic carbocycles. The van der Waals surface area contributed by atoms with Crippen LogP contribution < -0.4 is 0 Å². The first-order valence-electron chi connectivity index (χ1n) is 5.12. The van der Waals surface area contributed by atoms with Crippen molar-refractivity contribution in [3.63, 3.8) is 0 Å². The van der Waals surface area contributed by atoms with E-state index in [-0.39, 0.29) is 5.97 Å². The normalized spacial score (nSPS) is 10.1. The summed E-state index contributed by atoms with van der Waals surface area (Å²) in [7, 11) is 0. The lowest BCUT2D eigenvalue weighted by Crippen LogP contribution is -2.08. The fourth-order valence-corrected chi connectivity index (χ4v) is 0.916. The van der Waals surface area contributed by atoms with Gasteiger partial charge < -0.3 is 14.2 Å². The van der Waals surface area contributed by atoms with Crippen LogP contribution in [0.5, 0.6) is 0 Å². The minimum Gasteiger partial charge on any atom is -0.466 e. The number of rotatable bonds is 9. The van der Waals surface area contributed by atoms with E-state index in [0.717, 1.165) is 0 Å². The fourth-order valence-electron chi connectivity index (χ4n) is 0.916. The SMILES string of the molecule is CCOCCOCCCC(=O)OCC. The molecule has 0 atom stereocenters. The summed E-state index contributed by atoms with van der Waals surface area (Å²) >= 11 is 0. The predicted octanol–water partition coefficient (Wildman–Crippen LogP) is 1.38. The molecule has 0 aromatic heterocycles. The van der Waals surface area contributed by atoms with Crippen LogP contribution in [0, 0.1) is 0 Å². The zero-order chi connectivity index (χ0) is 10.6. The predicted molar refractivity (Wildman–Crippen MR) is 53.2 cm³/mol. The highest BCUT2D eigenvalue weighted by Gasteiger charge is 2.00. The zero-order valence-corrected chi connectivity index (χ0v) is 9.08. The summed E-state index contributed by atoms with van der Waals surface area (Å²) in [6, 6.07) is 0. The maximum atomic E-state index is 10.9. The topological polar surface area (TPSA) is 44.8 Å². The number of carbonyl (C=O) groups excluding carboxylic acids is 1. The van der Waals surface area contributed by atoms with Crippen molar-refractivity contribution in [2.24, 2.45) is 0 Å². The third kappa shape index (κ3) is 9.48. The lowest BCUT2D eigenvalue weighted by atomic mass is 10.3. The second-order valence-electron chi connectivity index (χ2n) is 2.72. The molecule has 0 rings (SSSR count). The van der Waals surface area contributed by atoms with Crippen LogP contribution in [0.4, 0.5) is 0 Å². The van der Waals surface area contributed by atoms with E-state index in [1.807, 2.05) is 6.92 Å². The van der Waals surface area contributed by atoms with Gasteiger partial charge >= 0.3 is 5.97 Å². The molecule has 0 aromatic carbocycles. The summed E-state index contributed by atoms with van der Waals surface area (Å²) in [6.45, 7) is 6.71. The van der Waals surface area contributed by atoms with E-state index in [1.165, 1.54) is 0 Å². The third-order valence-electron chi connectivity index (χ3n) is 1.55. The number of carbonyl (C=O) groups is 1. The number of esters is 1. The van der Waals surface area contributed by atoms with Gasteiger partial charge in [0.25, 0.3) is 0 Å².